The molecule has 0 N–H and O–H groups in total. The molecule has 0 atom stereocenters. The van der Waals surface area contributed by atoms with E-state index in [0.29, 0.717) is 0 Å². The fraction of sp³-hybridized carbons (Fsp3) is 0.708. The molecule has 4 aromatic rings. The van der Waals surface area contributed by atoms with Crippen molar-refractivity contribution in [3.63, 3.8) is 0 Å². The monoisotopic (exact) mass is 992 g/mol. The van der Waals surface area contributed by atoms with Crippen molar-refractivity contribution < 1.29 is 9.47 Å². The maximum atomic E-state index is 6.95. The average Bonchev–Trinajstić information content (AvgIpc) is 3.77. The maximum absolute atomic E-state index is 6.95. The minimum atomic E-state index is -2.28. The van der Waals surface area contributed by atoms with Gasteiger partial charge in [-0.25, -0.2) is 0 Å². The van der Waals surface area contributed by atoms with Gasteiger partial charge < -0.3 is 0 Å². The Balaban J connectivity index is 1.44. The van der Waals surface area contributed by atoms with Gasteiger partial charge in [0, 0.05) is 0 Å². The third-order valence-corrected chi connectivity index (χ3v) is 32.4. The molecule has 0 amide bonds. The standard InChI is InChI=1S/C42H62O2S2.6CH3.2Sn/c1-3-5-7-9-11-13-15-17-19-21-23-25-29-43-39-37-33-36-28-32-46-42(36)40(38(37)34-35-27-31-45-41(35)39)44-30-26-24-22-20-18-16-14-12-10-8-6-4-2;;;;;;;;/h27-28,33-34H,3-26,29-30H2,1-2H3;6*1H3;;. The quantitative estimate of drug-likeness (QED) is 0.0383. The summed E-state index contributed by atoms with van der Waals surface area (Å²) in [5.41, 5.74) is 0. The first-order valence-corrected chi connectivity index (χ1v) is 44.4. The Morgan fingerprint density at radius 3 is 0.944 bits per heavy atom. The average molecular weight is 991 g/mol. The summed E-state index contributed by atoms with van der Waals surface area (Å²) >= 11 is -0.505. The Bertz CT molecular complexity index is 1520. The van der Waals surface area contributed by atoms with Gasteiger partial charge in [-0.05, 0) is 0 Å². The molecule has 0 aliphatic heterocycles. The zero-order chi connectivity index (χ0) is 38.8. The van der Waals surface area contributed by atoms with E-state index in [-0.39, 0.29) is 0 Å². The molecule has 0 aliphatic rings. The van der Waals surface area contributed by atoms with Crippen LogP contribution in [-0.4, -0.2) is 50.0 Å². The molecule has 4 rings (SSSR count). The zero-order valence-electron chi connectivity index (χ0n) is 36.3. The van der Waals surface area contributed by atoms with E-state index in [0.717, 1.165) is 37.6 Å². The summed E-state index contributed by atoms with van der Waals surface area (Å²) in [5, 5.41) is 5.26. The van der Waals surface area contributed by atoms with Crippen molar-refractivity contribution in [1.29, 1.82) is 0 Å². The summed E-state index contributed by atoms with van der Waals surface area (Å²) < 4.78 is 19.9. The van der Waals surface area contributed by atoms with Crippen LogP contribution in [0.2, 0.25) is 29.6 Å². The van der Waals surface area contributed by atoms with Gasteiger partial charge in [0.1, 0.15) is 0 Å². The van der Waals surface area contributed by atoms with E-state index in [9.17, 15) is 0 Å². The molecule has 2 nitrogen and oxygen atoms in total. The Labute approximate surface area is 349 Å². The second-order valence-electron chi connectivity index (χ2n) is 18.5. The first-order chi connectivity index (χ1) is 26.0. The number of unbranched alkanes of at least 4 members (excludes halogenated alkanes) is 22. The fourth-order valence-electron chi connectivity index (χ4n) is 7.73. The van der Waals surface area contributed by atoms with Crippen LogP contribution in [0.25, 0.3) is 30.9 Å². The van der Waals surface area contributed by atoms with E-state index in [1.165, 1.54) is 172 Å². The van der Waals surface area contributed by atoms with Gasteiger partial charge in [0.05, 0.1) is 0 Å². The van der Waals surface area contributed by atoms with E-state index in [1.807, 2.05) is 22.7 Å². The van der Waals surface area contributed by atoms with E-state index >= 15 is 0 Å². The predicted molar refractivity (Wildman–Crippen MR) is 254 cm³/mol. The molecule has 304 valence electrons. The third-order valence-electron chi connectivity index (χ3n) is 11.3. The van der Waals surface area contributed by atoms with Crippen molar-refractivity contribution >= 4 is 96.2 Å². The van der Waals surface area contributed by atoms with E-state index in [4.69, 9.17) is 9.47 Å². The van der Waals surface area contributed by atoms with Crippen LogP contribution in [0.1, 0.15) is 168 Å². The molecule has 0 saturated carbocycles. The van der Waals surface area contributed by atoms with Crippen molar-refractivity contribution in [2.45, 2.75) is 198 Å². The molecule has 0 radical (unpaired) electrons. The van der Waals surface area contributed by atoms with Gasteiger partial charge in [-0.2, -0.15) is 0 Å². The molecule has 0 saturated heterocycles. The molecule has 0 fully saturated rings. The van der Waals surface area contributed by atoms with E-state index in [1.54, 1.807) is 5.79 Å². The van der Waals surface area contributed by atoms with Gasteiger partial charge in [-0.15, -0.1) is 0 Å². The first kappa shape index (κ1) is 46.5. The summed E-state index contributed by atoms with van der Waals surface area (Å²) in [6.45, 7) is 6.22. The summed E-state index contributed by atoms with van der Waals surface area (Å²) in [6, 6.07) is 9.99. The van der Waals surface area contributed by atoms with E-state index < -0.39 is 36.8 Å². The fourth-order valence-corrected chi connectivity index (χ4v) is 20.5. The third kappa shape index (κ3) is 15.2. The summed E-state index contributed by atoms with van der Waals surface area (Å²) in [4.78, 5) is 15.3. The number of ether oxygens (including phenoxy) is 2. The van der Waals surface area contributed by atoms with Gasteiger partial charge in [0.25, 0.3) is 0 Å². The molecule has 0 unspecified atom stereocenters. The van der Waals surface area contributed by atoms with Crippen LogP contribution in [-0.2, 0) is 0 Å². The van der Waals surface area contributed by atoms with E-state index in [2.05, 4.69) is 67.8 Å². The Hall–Kier alpha value is -0.183. The van der Waals surface area contributed by atoms with Gasteiger partial charge in [0.15, 0.2) is 0 Å². The van der Waals surface area contributed by atoms with Crippen LogP contribution in [0, 0.1) is 0 Å². The summed E-state index contributed by atoms with van der Waals surface area (Å²) in [6.07, 6.45) is 32.8. The van der Waals surface area contributed by atoms with Crippen molar-refractivity contribution in [2.75, 3.05) is 13.2 Å². The summed E-state index contributed by atoms with van der Waals surface area (Å²) in [5.74, 6) is 2.25. The van der Waals surface area contributed by atoms with Crippen LogP contribution >= 0.6 is 22.7 Å². The molecule has 2 aromatic heterocycles. The molecule has 54 heavy (non-hydrogen) atoms. The molecular weight excluding hydrogens is 910 g/mol. The Kier molecular flexibility index (Phi) is 21.2. The van der Waals surface area contributed by atoms with Crippen molar-refractivity contribution in [1.82, 2.24) is 0 Å². The first-order valence-electron chi connectivity index (χ1n) is 22.8. The Morgan fingerprint density at radius 1 is 0.389 bits per heavy atom. The topological polar surface area (TPSA) is 18.5 Å². The normalized spacial score (nSPS) is 12.5. The molecular formula is C48H80O2S2Sn2. The predicted octanol–water partition coefficient (Wildman–Crippen LogP) is 16.5. The molecule has 2 heterocycles. The van der Waals surface area contributed by atoms with Crippen molar-refractivity contribution in [3.05, 3.63) is 24.3 Å². The second-order valence-corrected chi connectivity index (χ2v) is 51.5. The molecule has 6 heteroatoms. The molecule has 2 aromatic carbocycles. The molecule has 0 bridgehead atoms. The number of hydrogen-bond acceptors (Lipinski definition) is 4. The van der Waals surface area contributed by atoms with Crippen molar-refractivity contribution in [2.24, 2.45) is 0 Å². The number of benzene rings is 2. The van der Waals surface area contributed by atoms with Crippen LogP contribution in [0.5, 0.6) is 11.5 Å². The summed E-state index contributed by atoms with van der Waals surface area (Å²) in [7, 11) is 0. The van der Waals surface area contributed by atoms with Crippen LogP contribution < -0.4 is 15.3 Å². The van der Waals surface area contributed by atoms with Gasteiger partial charge in [-0.1, -0.05) is 90.9 Å². The van der Waals surface area contributed by atoms with Crippen LogP contribution in [0.15, 0.2) is 24.3 Å². The van der Waals surface area contributed by atoms with Crippen LogP contribution in [0.4, 0.5) is 0 Å². The number of rotatable bonds is 30. The van der Waals surface area contributed by atoms with Crippen molar-refractivity contribution in [3.8, 4) is 11.5 Å². The molecule has 0 aliphatic carbocycles. The zero-order valence-corrected chi connectivity index (χ0v) is 43.7. The Morgan fingerprint density at radius 2 is 0.667 bits per heavy atom. The SMILES string of the molecule is CCCCCCCCCCCCCCOc1c2cc3c[c]([Sn]([CH3])([CH3])[CH3])sc3c(OCCCCCCCCCCCCCC)c2cc2c[c]([Sn]([CH3])([CH3])[CH3])sc12. The second kappa shape index (κ2) is 24.7. The molecule has 0 spiro atoms. The number of thiophene rings is 2. The minimum absolute atomic E-state index is 0.804. The van der Waals surface area contributed by atoms with Crippen LogP contribution in [0.3, 0.4) is 0 Å². The number of fused-ring (bicyclic) bond motifs is 3. The van der Waals surface area contributed by atoms with Gasteiger partial charge in [-0.3, -0.25) is 0 Å². The number of hydrogen-bond donors (Lipinski definition) is 0. The van der Waals surface area contributed by atoms with Gasteiger partial charge >= 0.3 is 261 Å². The van der Waals surface area contributed by atoms with Gasteiger partial charge in [0.2, 0.25) is 0 Å².